The average Bonchev–Trinajstić information content (AvgIpc) is 3.38. The maximum atomic E-state index is 12.8. The number of anilines is 1. The highest BCUT2D eigenvalue weighted by Crippen LogP contribution is 2.29. The third-order valence-electron chi connectivity index (χ3n) is 7.11. The molecular formula is C35H39N3O5. The predicted octanol–water partition coefficient (Wildman–Crippen LogP) is 7.11. The Bertz CT molecular complexity index is 1660. The number of aryl methyl sites for hydroxylation is 2. The molecule has 1 aliphatic rings. The molecule has 0 unspecified atom stereocenters. The van der Waals surface area contributed by atoms with Crippen LogP contribution < -0.4 is 9.64 Å². The van der Waals surface area contributed by atoms with E-state index < -0.39 is 5.60 Å². The predicted molar refractivity (Wildman–Crippen MR) is 168 cm³/mol. The number of amides is 1. The van der Waals surface area contributed by atoms with Crippen LogP contribution in [0.25, 0.3) is 16.6 Å². The lowest BCUT2D eigenvalue weighted by atomic mass is 10.1. The van der Waals surface area contributed by atoms with Crippen LogP contribution in [0.15, 0.2) is 72.9 Å². The highest BCUT2D eigenvalue weighted by molar-refractivity contribution is 5.95. The molecule has 0 saturated carbocycles. The number of nitrogens with zero attached hydrogens (tertiary/aromatic N) is 3. The van der Waals surface area contributed by atoms with Crippen molar-refractivity contribution in [3.63, 3.8) is 0 Å². The Morgan fingerprint density at radius 1 is 1.05 bits per heavy atom. The third-order valence-corrected chi connectivity index (χ3v) is 7.11. The minimum absolute atomic E-state index is 0.312. The molecule has 0 bridgehead atoms. The zero-order valence-corrected chi connectivity index (χ0v) is 25.6. The molecule has 0 N–H and O–H groups in total. The van der Waals surface area contributed by atoms with E-state index in [4.69, 9.17) is 19.2 Å². The van der Waals surface area contributed by atoms with Gasteiger partial charge in [-0.25, -0.2) is 14.6 Å². The van der Waals surface area contributed by atoms with Gasteiger partial charge in [-0.15, -0.1) is 0 Å². The highest BCUT2D eigenvalue weighted by atomic mass is 16.6. The number of hydrogen-bond donors (Lipinski definition) is 0. The van der Waals surface area contributed by atoms with Gasteiger partial charge < -0.3 is 18.8 Å². The average molecular weight is 582 g/mol. The molecule has 8 nitrogen and oxygen atoms in total. The second-order valence-electron chi connectivity index (χ2n) is 11.7. The molecule has 1 aliphatic heterocycles. The largest absolute Gasteiger partial charge is 0.493 e. The van der Waals surface area contributed by atoms with E-state index >= 15 is 0 Å². The van der Waals surface area contributed by atoms with E-state index in [2.05, 4.69) is 12.1 Å². The number of esters is 1. The second-order valence-corrected chi connectivity index (χ2v) is 11.7. The first-order valence-electron chi connectivity index (χ1n) is 14.8. The third kappa shape index (κ3) is 7.25. The number of carbonyl (C=O) groups excluding carboxylic acids is 2. The van der Waals surface area contributed by atoms with Crippen molar-refractivity contribution in [3.05, 3.63) is 95.3 Å². The minimum atomic E-state index is -0.568. The topological polar surface area (TPSA) is 82.9 Å². The first-order valence-corrected chi connectivity index (χ1v) is 14.8. The number of aromatic nitrogens is 2. The fraction of sp³-hybridized carbons (Fsp3) is 0.343. The van der Waals surface area contributed by atoms with E-state index in [9.17, 15) is 9.59 Å². The van der Waals surface area contributed by atoms with Gasteiger partial charge in [0.15, 0.2) is 0 Å². The van der Waals surface area contributed by atoms with Crippen molar-refractivity contribution in [2.45, 2.75) is 59.5 Å². The van der Waals surface area contributed by atoms with E-state index in [1.54, 1.807) is 11.8 Å². The summed E-state index contributed by atoms with van der Waals surface area (Å²) >= 11 is 0. The Balaban J connectivity index is 1.31. The van der Waals surface area contributed by atoms with Crippen LogP contribution >= 0.6 is 0 Å². The van der Waals surface area contributed by atoms with Crippen LogP contribution in [0.2, 0.25) is 0 Å². The standard InChI is InChI=1S/C35H39N3O5/c1-6-41-32(39)23-31(26-10-7-9-24(2)21-26)37-19-16-27-22-29(14-15-30(27)37)42-20-17-28-13-12-25-11-8-18-38(33(25)36-28)34(40)43-35(3,4)5/h7,9-10,12-16,19,21-23H,6,8,11,17-18,20H2,1-5H3. The van der Waals surface area contributed by atoms with Crippen molar-refractivity contribution in [2.75, 3.05) is 24.7 Å². The molecule has 8 heteroatoms. The number of benzene rings is 2. The zero-order valence-electron chi connectivity index (χ0n) is 25.6. The Kier molecular flexibility index (Phi) is 8.85. The van der Waals surface area contributed by atoms with Gasteiger partial charge in [-0.1, -0.05) is 29.8 Å². The fourth-order valence-corrected chi connectivity index (χ4v) is 5.20. The zero-order chi connectivity index (χ0) is 30.6. The molecule has 2 aromatic heterocycles. The number of hydrogen-bond acceptors (Lipinski definition) is 6. The van der Waals surface area contributed by atoms with Crippen LogP contribution in [-0.4, -0.2) is 47.0 Å². The van der Waals surface area contributed by atoms with Crippen molar-refractivity contribution in [1.82, 2.24) is 9.55 Å². The molecule has 0 atom stereocenters. The normalized spacial score (nSPS) is 13.5. The first-order chi connectivity index (χ1) is 20.6. The van der Waals surface area contributed by atoms with Crippen molar-refractivity contribution in [3.8, 4) is 5.75 Å². The summed E-state index contributed by atoms with van der Waals surface area (Å²) in [7, 11) is 0. The van der Waals surface area contributed by atoms with Gasteiger partial charge in [0.1, 0.15) is 17.2 Å². The Hall–Kier alpha value is -4.59. The van der Waals surface area contributed by atoms with Crippen LogP contribution in [0.4, 0.5) is 10.6 Å². The van der Waals surface area contributed by atoms with Crippen LogP contribution in [0.5, 0.6) is 5.75 Å². The molecule has 43 heavy (non-hydrogen) atoms. The molecule has 0 spiro atoms. The van der Waals surface area contributed by atoms with Crippen LogP contribution in [0, 0.1) is 6.92 Å². The summed E-state index contributed by atoms with van der Waals surface area (Å²) in [4.78, 5) is 31.7. The Labute approximate surface area is 252 Å². The molecule has 0 aliphatic carbocycles. The van der Waals surface area contributed by atoms with E-state index in [0.717, 1.165) is 57.6 Å². The number of pyridine rings is 1. The fourth-order valence-electron chi connectivity index (χ4n) is 5.20. The second kappa shape index (κ2) is 12.7. The summed E-state index contributed by atoms with van der Waals surface area (Å²) in [5.74, 6) is 1.04. The van der Waals surface area contributed by atoms with Crippen molar-refractivity contribution in [2.24, 2.45) is 0 Å². The number of ether oxygens (including phenoxy) is 3. The summed E-state index contributed by atoms with van der Waals surface area (Å²) in [6.07, 6.45) is 5.49. The van der Waals surface area contributed by atoms with Gasteiger partial charge in [0, 0.05) is 36.3 Å². The quantitative estimate of drug-likeness (QED) is 0.163. The summed E-state index contributed by atoms with van der Waals surface area (Å²) in [6, 6.07) is 20.0. The monoisotopic (exact) mass is 581 g/mol. The van der Waals surface area contributed by atoms with Gasteiger partial charge in [0.05, 0.1) is 24.4 Å². The molecule has 0 fully saturated rings. The van der Waals surface area contributed by atoms with Gasteiger partial charge in [0.25, 0.3) is 0 Å². The van der Waals surface area contributed by atoms with E-state index in [-0.39, 0.29) is 12.1 Å². The maximum absolute atomic E-state index is 12.8. The summed E-state index contributed by atoms with van der Waals surface area (Å²) in [5.41, 5.74) is 5.06. The van der Waals surface area contributed by atoms with Gasteiger partial charge in [0.2, 0.25) is 0 Å². The molecule has 4 aromatic rings. The molecule has 3 heterocycles. The van der Waals surface area contributed by atoms with Gasteiger partial charge in [-0.3, -0.25) is 4.90 Å². The maximum Gasteiger partial charge on any atom is 0.416 e. The van der Waals surface area contributed by atoms with Crippen LogP contribution in [-0.2, 0) is 27.1 Å². The van der Waals surface area contributed by atoms with E-state index in [1.165, 1.54) is 6.08 Å². The summed E-state index contributed by atoms with van der Waals surface area (Å²) in [6.45, 7) is 10.8. The molecule has 0 radical (unpaired) electrons. The first kappa shape index (κ1) is 29.9. The number of rotatable bonds is 8. The summed E-state index contributed by atoms with van der Waals surface area (Å²) in [5, 5.41) is 0.986. The van der Waals surface area contributed by atoms with Gasteiger partial charge >= 0.3 is 12.1 Å². The van der Waals surface area contributed by atoms with Crippen molar-refractivity contribution >= 4 is 34.5 Å². The molecule has 224 valence electrons. The molecule has 2 aromatic carbocycles. The number of carbonyl (C=O) groups is 2. The molecular weight excluding hydrogens is 542 g/mol. The Morgan fingerprint density at radius 2 is 1.88 bits per heavy atom. The lowest BCUT2D eigenvalue weighted by molar-refractivity contribution is -0.137. The molecule has 0 saturated heterocycles. The molecule has 5 rings (SSSR count). The van der Waals surface area contributed by atoms with Crippen molar-refractivity contribution in [1.29, 1.82) is 0 Å². The lowest BCUT2D eigenvalue weighted by Gasteiger charge is -2.31. The minimum Gasteiger partial charge on any atom is -0.493 e. The van der Waals surface area contributed by atoms with Crippen LogP contribution in [0.3, 0.4) is 0 Å². The SMILES string of the molecule is CCOC(=O)C=C(c1cccc(C)c1)n1ccc2cc(OCCc3ccc4c(n3)N(C(=O)OC(C)(C)C)CCC4)ccc21. The van der Waals surface area contributed by atoms with Gasteiger partial charge in [-0.05, 0) is 95.0 Å². The van der Waals surface area contributed by atoms with E-state index in [1.807, 2.05) is 87.0 Å². The lowest BCUT2D eigenvalue weighted by Crippen LogP contribution is -2.40. The summed E-state index contributed by atoms with van der Waals surface area (Å²) < 4.78 is 19.0. The van der Waals surface area contributed by atoms with E-state index in [0.29, 0.717) is 32.0 Å². The molecule has 1 amide bonds. The Morgan fingerprint density at radius 3 is 2.65 bits per heavy atom. The van der Waals surface area contributed by atoms with Crippen LogP contribution in [0.1, 0.15) is 56.5 Å². The van der Waals surface area contributed by atoms with Gasteiger partial charge in [-0.2, -0.15) is 0 Å². The number of fused-ring (bicyclic) bond motifs is 2. The highest BCUT2D eigenvalue weighted by Gasteiger charge is 2.28. The smallest absolute Gasteiger partial charge is 0.416 e. The van der Waals surface area contributed by atoms with Crippen molar-refractivity contribution < 1.29 is 23.8 Å².